The fourth-order valence-electron chi connectivity index (χ4n) is 3.82. The monoisotopic (exact) mass is 327 g/mol. The molecule has 2 fully saturated rings. The van der Waals surface area contributed by atoms with Crippen LogP contribution < -0.4 is 0 Å². The molecule has 5 heteroatoms. The maximum atomic E-state index is 12.8. The second kappa shape index (κ2) is 6.42. The highest BCUT2D eigenvalue weighted by Gasteiger charge is 2.42. The molecule has 2 atom stereocenters. The van der Waals surface area contributed by atoms with Crippen LogP contribution in [0.5, 0.6) is 0 Å². The second-order valence-electron chi connectivity index (χ2n) is 6.54. The lowest BCUT2D eigenvalue weighted by molar-refractivity contribution is -0.140. The van der Waals surface area contributed by atoms with Crippen molar-refractivity contribution >= 4 is 17.2 Å². The molecule has 0 unspecified atom stereocenters. The molecule has 0 bridgehead atoms. The van der Waals surface area contributed by atoms with Gasteiger partial charge in [0.05, 0.1) is 5.92 Å². The Balaban J connectivity index is 1.40. The Labute approximate surface area is 140 Å². The van der Waals surface area contributed by atoms with Gasteiger partial charge in [-0.2, -0.15) is 0 Å². The zero-order valence-corrected chi connectivity index (χ0v) is 13.9. The van der Waals surface area contributed by atoms with Crippen molar-refractivity contribution in [2.24, 2.45) is 11.8 Å². The van der Waals surface area contributed by atoms with Gasteiger partial charge in [-0.05, 0) is 41.5 Å². The quantitative estimate of drug-likeness (QED) is 0.866. The van der Waals surface area contributed by atoms with Crippen LogP contribution in [-0.4, -0.2) is 40.3 Å². The third-order valence-corrected chi connectivity index (χ3v) is 5.86. The van der Waals surface area contributed by atoms with Crippen LogP contribution in [0.15, 0.2) is 42.0 Å². The number of fused-ring (bicyclic) bond motifs is 1. The van der Waals surface area contributed by atoms with Gasteiger partial charge < -0.3 is 4.90 Å². The molecule has 2 saturated heterocycles. The summed E-state index contributed by atoms with van der Waals surface area (Å²) in [5, 5.41) is 2.13. The van der Waals surface area contributed by atoms with Crippen molar-refractivity contribution in [2.45, 2.75) is 19.5 Å². The highest BCUT2D eigenvalue weighted by atomic mass is 32.1. The summed E-state index contributed by atoms with van der Waals surface area (Å²) in [5.74, 6) is 1.06. The zero-order chi connectivity index (χ0) is 15.6. The highest BCUT2D eigenvalue weighted by molar-refractivity contribution is 7.09. The maximum Gasteiger partial charge on any atom is 0.227 e. The van der Waals surface area contributed by atoms with Gasteiger partial charge in [-0.25, -0.2) is 0 Å². The van der Waals surface area contributed by atoms with E-state index in [0.29, 0.717) is 11.8 Å². The first-order valence-corrected chi connectivity index (χ1v) is 9.10. The number of carbonyl (C=O) groups excluding carboxylic acids is 1. The molecule has 0 radical (unpaired) electrons. The minimum atomic E-state index is 0.186. The van der Waals surface area contributed by atoms with Crippen LogP contribution in [0.1, 0.15) is 16.9 Å². The summed E-state index contributed by atoms with van der Waals surface area (Å²) in [4.78, 5) is 22.8. The largest absolute Gasteiger partial charge is 0.338 e. The van der Waals surface area contributed by atoms with Crippen molar-refractivity contribution in [3.05, 3.63) is 52.5 Å². The Hall–Kier alpha value is -1.72. The second-order valence-corrected chi connectivity index (χ2v) is 7.58. The molecule has 2 aromatic rings. The number of amides is 1. The summed E-state index contributed by atoms with van der Waals surface area (Å²) in [5.41, 5.74) is 1.17. The van der Waals surface area contributed by atoms with E-state index in [-0.39, 0.29) is 5.92 Å². The normalized spacial score (nSPS) is 24.9. The molecule has 4 heterocycles. The van der Waals surface area contributed by atoms with Crippen molar-refractivity contribution in [3.63, 3.8) is 0 Å². The molecular formula is C18H21N3OS. The fourth-order valence-corrected chi connectivity index (χ4v) is 4.56. The number of thiophene rings is 1. The van der Waals surface area contributed by atoms with Crippen molar-refractivity contribution in [1.82, 2.24) is 14.8 Å². The van der Waals surface area contributed by atoms with Gasteiger partial charge in [0, 0.05) is 50.0 Å². The minimum Gasteiger partial charge on any atom is -0.338 e. The number of rotatable bonds is 4. The number of likely N-dealkylation sites (tertiary alicyclic amines) is 2. The predicted molar refractivity (Wildman–Crippen MR) is 90.8 cm³/mol. The SMILES string of the molecule is O=C1[C@H]2CN(Cc3cccs3)C[C@@H]2CCN1Cc1ccncc1. The van der Waals surface area contributed by atoms with E-state index in [1.165, 1.54) is 10.4 Å². The summed E-state index contributed by atoms with van der Waals surface area (Å²) in [6.45, 7) is 4.57. The predicted octanol–water partition coefficient (Wildman–Crippen LogP) is 2.62. The van der Waals surface area contributed by atoms with Gasteiger partial charge in [0.15, 0.2) is 0 Å². The lowest BCUT2D eigenvalue weighted by atomic mass is 9.88. The van der Waals surface area contributed by atoms with Crippen LogP contribution in [-0.2, 0) is 17.9 Å². The molecule has 2 aliphatic heterocycles. The molecule has 4 rings (SSSR count). The number of hydrogen-bond acceptors (Lipinski definition) is 4. The first-order valence-electron chi connectivity index (χ1n) is 8.22. The summed E-state index contributed by atoms with van der Waals surface area (Å²) < 4.78 is 0. The lowest BCUT2D eigenvalue weighted by Gasteiger charge is -2.34. The standard InChI is InChI=1S/C18H21N3OS/c22-18-17-13-20(12-16-2-1-9-23-16)11-15(17)5-8-21(18)10-14-3-6-19-7-4-14/h1-4,6-7,9,15,17H,5,8,10-13H2/t15-,17-/m0/s1. The van der Waals surface area contributed by atoms with E-state index in [2.05, 4.69) is 27.4 Å². The van der Waals surface area contributed by atoms with Crippen LogP contribution in [0.3, 0.4) is 0 Å². The van der Waals surface area contributed by atoms with Gasteiger partial charge in [-0.1, -0.05) is 6.07 Å². The van der Waals surface area contributed by atoms with E-state index in [0.717, 1.165) is 39.1 Å². The van der Waals surface area contributed by atoms with Gasteiger partial charge in [0.25, 0.3) is 0 Å². The lowest BCUT2D eigenvalue weighted by Crippen LogP contribution is -2.44. The van der Waals surface area contributed by atoms with Gasteiger partial charge in [0.2, 0.25) is 5.91 Å². The van der Waals surface area contributed by atoms with Crippen molar-refractivity contribution in [3.8, 4) is 0 Å². The van der Waals surface area contributed by atoms with E-state index in [1.807, 2.05) is 17.0 Å². The van der Waals surface area contributed by atoms with Gasteiger partial charge in [0.1, 0.15) is 0 Å². The third-order valence-electron chi connectivity index (χ3n) is 5.00. The van der Waals surface area contributed by atoms with Gasteiger partial charge in [-0.3, -0.25) is 14.7 Å². The highest BCUT2D eigenvalue weighted by Crippen LogP contribution is 2.33. The van der Waals surface area contributed by atoms with E-state index in [1.54, 1.807) is 23.7 Å². The van der Waals surface area contributed by atoms with Gasteiger partial charge in [-0.15, -0.1) is 11.3 Å². The van der Waals surface area contributed by atoms with Crippen molar-refractivity contribution in [1.29, 1.82) is 0 Å². The molecular weight excluding hydrogens is 306 g/mol. The number of hydrogen-bond donors (Lipinski definition) is 0. The summed E-state index contributed by atoms with van der Waals surface area (Å²) in [7, 11) is 0. The topological polar surface area (TPSA) is 36.4 Å². The van der Waals surface area contributed by atoms with Gasteiger partial charge >= 0.3 is 0 Å². The minimum absolute atomic E-state index is 0.186. The smallest absolute Gasteiger partial charge is 0.227 e. The average molecular weight is 327 g/mol. The number of aromatic nitrogens is 1. The Bertz CT molecular complexity index is 658. The molecule has 1 amide bonds. The summed E-state index contributed by atoms with van der Waals surface area (Å²) in [6, 6.07) is 8.28. The Morgan fingerprint density at radius 3 is 2.83 bits per heavy atom. The first-order chi connectivity index (χ1) is 11.3. The van der Waals surface area contributed by atoms with Crippen LogP contribution >= 0.6 is 11.3 Å². The van der Waals surface area contributed by atoms with Crippen LogP contribution in [0, 0.1) is 11.8 Å². The number of piperidine rings is 1. The number of pyridine rings is 1. The Morgan fingerprint density at radius 1 is 1.17 bits per heavy atom. The molecule has 0 aromatic carbocycles. The molecule has 23 heavy (non-hydrogen) atoms. The van der Waals surface area contributed by atoms with Crippen molar-refractivity contribution < 1.29 is 4.79 Å². The van der Waals surface area contributed by atoms with E-state index in [9.17, 15) is 4.79 Å². The Kier molecular flexibility index (Phi) is 4.14. The first kappa shape index (κ1) is 14.8. The molecule has 2 aliphatic rings. The summed E-state index contributed by atoms with van der Waals surface area (Å²) >= 11 is 1.80. The van der Waals surface area contributed by atoms with E-state index in [4.69, 9.17) is 0 Å². The number of carbonyl (C=O) groups is 1. The summed E-state index contributed by atoms with van der Waals surface area (Å²) in [6.07, 6.45) is 4.72. The molecule has 0 saturated carbocycles. The van der Waals surface area contributed by atoms with E-state index < -0.39 is 0 Å². The van der Waals surface area contributed by atoms with Crippen LogP contribution in [0.2, 0.25) is 0 Å². The maximum absolute atomic E-state index is 12.8. The number of nitrogens with zero attached hydrogens (tertiary/aromatic N) is 3. The molecule has 0 N–H and O–H groups in total. The van der Waals surface area contributed by atoms with Crippen LogP contribution in [0.4, 0.5) is 0 Å². The average Bonchev–Trinajstić information content (AvgIpc) is 3.21. The zero-order valence-electron chi connectivity index (χ0n) is 13.1. The molecule has 2 aromatic heterocycles. The van der Waals surface area contributed by atoms with E-state index >= 15 is 0 Å². The Morgan fingerprint density at radius 2 is 2.04 bits per heavy atom. The molecule has 120 valence electrons. The molecule has 4 nitrogen and oxygen atoms in total. The van der Waals surface area contributed by atoms with Crippen LogP contribution in [0.25, 0.3) is 0 Å². The third kappa shape index (κ3) is 3.16. The van der Waals surface area contributed by atoms with Crippen molar-refractivity contribution in [2.75, 3.05) is 19.6 Å². The molecule has 0 aliphatic carbocycles. The fraction of sp³-hybridized carbons (Fsp3) is 0.444. The molecule has 0 spiro atoms.